The Hall–Kier alpha value is -1.10. The molecule has 1 aliphatic rings. The first-order valence-electron chi connectivity index (χ1n) is 7.57. The van der Waals surface area contributed by atoms with E-state index in [0.717, 1.165) is 56.8 Å². The van der Waals surface area contributed by atoms with Gasteiger partial charge in [0.05, 0.1) is 6.61 Å². The van der Waals surface area contributed by atoms with Crippen molar-refractivity contribution < 1.29 is 9.84 Å². The molecule has 1 heterocycles. The van der Waals surface area contributed by atoms with Gasteiger partial charge in [-0.05, 0) is 56.0 Å². The Labute approximate surface area is 121 Å². The van der Waals surface area contributed by atoms with E-state index in [1.54, 1.807) is 0 Å². The summed E-state index contributed by atoms with van der Waals surface area (Å²) in [6, 6.07) is 7.98. The monoisotopic (exact) mass is 278 g/mol. The van der Waals surface area contributed by atoms with Gasteiger partial charge in [0, 0.05) is 19.7 Å². The van der Waals surface area contributed by atoms with Crippen LogP contribution in [-0.2, 0) is 6.54 Å². The van der Waals surface area contributed by atoms with Crippen LogP contribution in [0.1, 0.15) is 24.8 Å². The summed E-state index contributed by atoms with van der Waals surface area (Å²) in [7, 11) is 0. The maximum absolute atomic E-state index is 9.11. The first-order chi connectivity index (χ1) is 9.81. The lowest BCUT2D eigenvalue weighted by atomic mass is 9.98. The molecule has 1 saturated heterocycles. The Morgan fingerprint density at radius 3 is 2.50 bits per heavy atom. The third kappa shape index (κ3) is 4.78. The highest BCUT2D eigenvalue weighted by atomic mass is 16.5. The fourth-order valence-corrected chi connectivity index (χ4v) is 2.59. The van der Waals surface area contributed by atoms with Crippen LogP contribution in [0.2, 0.25) is 0 Å². The summed E-state index contributed by atoms with van der Waals surface area (Å²) in [5.41, 5.74) is 6.69. The summed E-state index contributed by atoms with van der Waals surface area (Å²) >= 11 is 0. The molecule has 4 nitrogen and oxygen atoms in total. The Balaban J connectivity index is 1.59. The van der Waals surface area contributed by atoms with Gasteiger partial charge >= 0.3 is 0 Å². The zero-order valence-corrected chi connectivity index (χ0v) is 12.1. The second-order valence-corrected chi connectivity index (χ2v) is 5.52. The molecule has 0 amide bonds. The summed E-state index contributed by atoms with van der Waals surface area (Å²) in [6.45, 7) is 4.97. The van der Waals surface area contributed by atoms with Crippen molar-refractivity contribution in [2.45, 2.75) is 25.8 Å². The van der Waals surface area contributed by atoms with Crippen LogP contribution in [-0.4, -0.2) is 42.9 Å². The number of aliphatic hydroxyl groups excluding tert-OH is 1. The van der Waals surface area contributed by atoms with Gasteiger partial charge in [-0.2, -0.15) is 0 Å². The van der Waals surface area contributed by atoms with E-state index in [4.69, 9.17) is 15.6 Å². The zero-order valence-electron chi connectivity index (χ0n) is 12.1. The van der Waals surface area contributed by atoms with Gasteiger partial charge in [-0.1, -0.05) is 12.1 Å². The molecular weight excluding hydrogens is 252 g/mol. The van der Waals surface area contributed by atoms with Gasteiger partial charge in [0.15, 0.2) is 0 Å². The van der Waals surface area contributed by atoms with Crippen LogP contribution in [0.4, 0.5) is 0 Å². The molecule has 0 spiro atoms. The number of hydrogen-bond acceptors (Lipinski definition) is 4. The van der Waals surface area contributed by atoms with E-state index in [0.29, 0.717) is 19.1 Å². The third-order valence-corrected chi connectivity index (χ3v) is 4.01. The van der Waals surface area contributed by atoms with Crippen molar-refractivity contribution in [2.75, 3.05) is 32.8 Å². The molecular formula is C16H26N2O2. The van der Waals surface area contributed by atoms with Gasteiger partial charge < -0.3 is 20.5 Å². The quantitative estimate of drug-likeness (QED) is 0.744. The SMILES string of the molecule is NCc1ccc(OCCCN2CCC(CO)CC2)cc1. The van der Waals surface area contributed by atoms with Gasteiger partial charge in [0.1, 0.15) is 5.75 Å². The molecule has 20 heavy (non-hydrogen) atoms. The molecule has 2 rings (SSSR count). The summed E-state index contributed by atoms with van der Waals surface area (Å²) < 4.78 is 5.73. The van der Waals surface area contributed by atoms with Crippen molar-refractivity contribution in [2.24, 2.45) is 11.7 Å². The molecule has 1 aliphatic heterocycles. The summed E-state index contributed by atoms with van der Waals surface area (Å²) in [6.07, 6.45) is 3.29. The molecule has 0 unspecified atom stereocenters. The molecule has 0 radical (unpaired) electrons. The highest BCUT2D eigenvalue weighted by molar-refractivity contribution is 5.26. The van der Waals surface area contributed by atoms with E-state index in [2.05, 4.69) is 4.90 Å². The number of likely N-dealkylation sites (tertiary alicyclic amines) is 1. The first kappa shape index (κ1) is 15.3. The molecule has 1 fully saturated rings. The van der Waals surface area contributed by atoms with Crippen molar-refractivity contribution in [3.8, 4) is 5.75 Å². The number of rotatable bonds is 7. The Kier molecular flexibility index (Phi) is 6.30. The summed E-state index contributed by atoms with van der Waals surface area (Å²) in [4.78, 5) is 2.47. The average molecular weight is 278 g/mol. The lowest BCUT2D eigenvalue weighted by Crippen LogP contribution is -2.35. The average Bonchev–Trinajstić information content (AvgIpc) is 2.53. The van der Waals surface area contributed by atoms with E-state index in [1.807, 2.05) is 24.3 Å². The minimum absolute atomic E-state index is 0.343. The van der Waals surface area contributed by atoms with Crippen LogP contribution in [0.25, 0.3) is 0 Å². The topological polar surface area (TPSA) is 58.7 Å². The number of piperidine rings is 1. The number of benzene rings is 1. The van der Waals surface area contributed by atoms with Gasteiger partial charge in [-0.3, -0.25) is 0 Å². The number of nitrogens with zero attached hydrogens (tertiary/aromatic N) is 1. The van der Waals surface area contributed by atoms with Crippen LogP contribution in [0.15, 0.2) is 24.3 Å². The van der Waals surface area contributed by atoms with E-state index >= 15 is 0 Å². The predicted molar refractivity (Wildman–Crippen MR) is 80.7 cm³/mol. The van der Waals surface area contributed by atoms with Crippen LogP contribution in [0.3, 0.4) is 0 Å². The minimum Gasteiger partial charge on any atom is -0.494 e. The van der Waals surface area contributed by atoms with Crippen molar-refractivity contribution >= 4 is 0 Å². The van der Waals surface area contributed by atoms with E-state index in [9.17, 15) is 0 Å². The molecule has 4 heteroatoms. The first-order valence-corrected chi connectivity index (χ1v) is 7.57. The van der Waals surface area contributed by atoms with E-state index in [1.165, 1.54) is 0 Å². The maximum Gasteiger partial charge on any atom is 0.119 e. The van der Waals surface area contributed by atoms with Crippen LogP contribution in [0.5, 0.6) is 5.75 Å². The number of hydrogen-bond donors (Lipinski definition) is 2. The lowest BCUT2D eigenvalue weighted by Gasteiger charge is -2.30. The van der Waals surface area contributed by atoms with E-state index < -0.39 is 0 Å². The van der Waals surface area contributed by atoms with Gasteiger partial charge in [-0.25, -0.2) is 0 Å². The maximum atomic E-state index is 9.11. The predicted octanol–water partition coefficient (Wildman–Crippen LogP) is 1.62. The second-order valence-electron chi connectivity index (χ2n) is 5.52. The summed E-state index contributed by atoms with van der Waals surface area (Å²) in [5, 5.41) is 9.11. The van der Waals surface area contributed by atoms with Crippen LogP contribution >= 0.6 is 0 Å². The fourth-order valence-electron chi connectivity index (χ4n) is 2.59. The van der Waals surface area contributed by atoms with Crippen LogP contribution in [0, 0.1) is 5.92 Å². The molecule has 112 valence electrons. The third-order valence-electron chi connectivity index (χ3n) is 4.01. The Morgan fingerprint density at radius 1 is 1.20 bits per heavy atom. The molecule has 0 aliphatic carbocycles. The molecule has 3 N–H and O–H groups in total. The van der Waals surface area contributed by atoms with Crippen molar-refractivity contribution in [1.82, 2.24) is 4.90 Å². The number of nitrogens with two attached hydrogens (primary N) is 1. The molecule has 0 atom stereocenters. The Morgan fingerprint density at radius 2 is 1.90 bits per heavy atom. The molecule has 1 aromatic rings. The van der Waals surface area contributed by atoms with Crippen molar-refractivity contribution in [1.29, 1.82) is 0 Å². The number of ether oxygens (including phenoxy) is 1. The molecule has 0 aromatic heterocycles. The normalized spacial score (nSPS) is 17.3. The minimum atomic E-state index is 0.343. The number of aliphatic hydroxyl groups is 1. The fraction of sp³-hybridized carbons (Fsp3) is 0.625. The van der Waals surface area contributed by atoms with Gasteiger partial charge in [-0.15, -0.1) is 0 Å². The highest BCUT2D eigenvalue weighted by Gasteiger charge is 2.17. The summed E-state index contributed by atoms with van der Waals surface area (Å²) in [5.74, 6) is 1.43. The highest BCUT2D eigenvalue weighted by Crippen LogP contribution is 2.16. The van der Waals surface area contributed by atoms with E-state index in [-0.39, 0.29) is 0 Å². The van der Waals surface area contributed by atoms with Gasteiger partial charge in [0.2, 0.25) is 0 Å². The molecule has 0 bridgehead atoms. The molecule has 0 saturated carbocycles. The van der Waals surface area contributed by atoms with Crippen molar-refractivity contribution in [3.05, 3.63) is 29.8 Å². The van der Waals surface area contributed by atoms with Crippen LogP contribution < -0.4 is 10.5 Å². The Bertz CT molecular complexity index is 373. The molecule has 1 aromatic carbocycles. The smallest absolute Gasteiger partial charge is 0.119 e. The second kappa shape index (κ2) is 8.25. The van der Waals surface area contributed by atoms with Crippen molar-refractivity contribution in [3.63, 3.8) is 0 Å². The lowest BCUT2D eigenvalue weighted by molar-refractivity contribution is 0.126. The zero-order chi connectivity index (χ0) is 14.2. The standard InChI is InChI=1S/C16H26N2O2/c17-12-14-2-4-16(5-3-14)20-11-1-8-18-9-6-15(13-19)7-10-18/h2-5,15,19H,1,6-13,17H2. The largest absolute Gasteiger partial charge is 0.494 e. The van der Waals surface area contributed by atoms with Gasteiger partial charge in [0.25, 0.3) is 0 Å².